The Morgan fingerprint density at radius 1 is 1.25 bits per heavy atom. The van der Waals surface area contributed by atoms with Crippen molar-refractivity contribution in [1.82, 2.24) is 9.78 Å². The van der Waals surface area contributed by atoms with E-state index in [0.717, 1.165) is 5.69 Å². The largest absolute Gasteiger partial charge is 0.411 e. The molecular weight excluding hydrogens is 273 g/mol. The maximum atomic E-state index is 11.9. The summed E-state index contributed by atoms with van der Waals surface area (Å²) in [5.41, 5.74) is 1.19. The molecule has 1 aromatic carbocycles. The maximum absolute atomic E-state index is 11.9. The van der Waals surface area contributed by atoms with Crippen molar-refractivity contribution in [3.63, 3.8) is 0 Å². The summed E-state index contributed by atoms with van der Waals surface area (Å²) >= 11 is 0. The number of aliphatic hydroxyl groups is 1. The molecule has 108 valence electrons. The molecule has 0 bridgehead atoms. The first-order chi connectivity index (χ1) is 9.46. The normalized spacial score (nSPS) is 13.4. The lowest BCUT2D eigenvalue weighted by Crippen LogP contribution is -2.19. The molecule has 0 amide bonds. The number of benzene rings is 1. The molecule has 0 radical (unpaired) electrons. The number of rotatable bonds is 5. The lowest BCUT2D eigenvalue weighted by molar-refractivity contribution is -0.179. The monoisotopic (exact) mass is 286 g/mol. The summed E-state index contributed by atoms with van der Waals surface area (Å²) in [5, 5.41) is 13.8. The van der Waals surface area contributed by atoms with Crippen molar-refractivity contribution in [1.29, 1.82) is 0 Å². The van der Waals surface area contributed by atoms with Crippen LogP contribution in [0.1, 0.15) is 11.7 Å². The fraction of sp³-hybridized carbons (Fsp3) is 0.308. The lowest BCUT2D eigenvalue weighted by Gasteiger charge is -2.11. The molecule has 0 fully saturated rings. The number of alkyl halides is 3. The van der Waals surface area contributed by atoms with Gasteiger partial charge in [-0.25, -0.2) is 4.68 Å². The van der Waals surface area contributed by atoms with Crippen LogP contribution in [0, 0.1) is 0 Å². The van der Waals surface area contributed by atoms with Gasteiger partial charge < -0.3 is 9.84 Å². The van der Waals surface area contributed by atoms with Crippen LogP contribution < -0.4 is 0 Å². The van der Waals surface area contributed by atoms with Crippen molar-refractivity contribution in [2.75, 3.05) is 13.2 Å². The van der Waals surface area contributed by atoms with Crippen LogP contribution in [-0.2, 0) is 4.74 Å². The van der Waals surface area contributed by atoms with E-state index in [2.05, 4.69) is 9.84 Å². The number of nitrogens with zero attached hydrogens (tertiary/aromatic N) is 2. The molecule has 1 unspecified atom stereocenters. The number of aliphatic hydroxyl groups excluding tert-OH is 1. The summed E-state index contributed by atoms with van der Waals surface area (Å²) in [4.78, 5) is 0. The van der Waals surface area contributed by atoms with E-state index < -0.39 is 25.5 Å². The zero-order valence-corrected chi connectivity index (χ0v) is 10.4. The van der Waals surface area contributed by atoms with Crippen LogP contribution in [0.4, 0.5) is 13.2 Å². The van der Waals surface area contributed by atoms with Gasteiger partial charge in [0.25, 0.3) is 0 Å². The Bertz CT molecular complexity index is 540. The van der Waals surface area contributed by atoms with Crippen LogP contribution in [0.5, 0.6) is 0 Å². The minimum absolute atomic E-state index is 0.399. The van der Waals surface area contributed by atoms with Crippen LogP contribution in [0.15, 0.2) is 42.7 Å². The van der Waals surface area contributed by atoms with Gasteiger partial charge in [0.05, 0.1) is 18.5 Å². The molecule has 0 aliphatic carbocycles. The van der Waals surface area contributed by atoms with E-state index in [0.29, 0.717) is 5.56 Å². The Balaban J connectivity index is 1.95. The Labute approximate surface area is 113 Å². The van der Waals surface area contributed by atoms with Gasteiger partial charge in [-0.1, -0.05) is 18.2 Å². The Morgan fingerprint density at radius 3 is 2.60 bits per heavy atom. The van der Waals surface area contributed by atoms with Crippen LogP contribution in [-0.4, -0.2) is 34.3 Å². The van der Waals surface area contributed by atoms with Crippen LogP contribution in [0.3, 0.4) is 0 Å². The van der Waals surface area contributed by atoms with Crippen molar-refractivity contribution < 1.29 is 23.0 Å². The number of para-hydroxylation sites is 1. The molecule has 0 saturated carbocycles. The van der Waals surface area contributed by atoms with Gasteiger partial charge in [0.2, 0.25) is 0 Å². The molecule has 1 N–H and O–H groups in total. The van der Waals surface area contributed by atoms with Crippen molar-refractivity contribution in [3.8, 4) is 5.69 Å². The molecule has 4 nitrogen and oxygen atoms in total. The molecule has 0 aliphatic heterocycles. The SMILES string of the molecule is OC(COCC(F)(F)F)c1cnn(-c2ccccc2)c1. The molecule has 0 aliphatic rings. The minimum atomic E-state index is -4.39. The zero-order chi connectivity index (χ0) is 14.6. The molecule has 2 aromatic rings. The van der Waals surface area contributed by atoms with Crippen LogP contribution >= 0.6 is 0 Å². The summed E-state index contributed by atoms with van der Waals surface area (Å²) in [6.45, 7) is -1.81. The third kappa shape index (κ3) is 4.07. The third-order valence-electron chi connectivity index (χ3n) is 2.55. The predicted octanol–water partition coefficient (Wildman–Crippen LogP) is 2.48. The highest BCUT2D eigenvalue weighted by atomic mass is 19.4. The van der Waals surface area contributed by atoms with E-state index in [9.17, 15) is 18.3 Å². The topological polar surface area (TPSA) is 47.3 Å². The quantitative estimate of drug-likeness (QED) is 0.918. The average Bonchev–Trinajstić information content (AvgIpc) is 2.88. The Hall–Kier alpha value is -1.86. The Morgan fingerprint density at radius 2 is 1.95 bits per heavy atom. The summed E-state index contributed by atoms with van der Waals surface area (Å²) in [5.74, 6) is 0. The fourth-order valence-corrected chi connectivity index (χ4v) is 1.61. The fourth-order valence-electron chi connectivity index (χ4n) is 1.61. The minimum Gasteiger partial charge on any atom is -0.386 e. The Kier molecular flexibility index (Phi) is 4.41. The summed E-state index contributed by atoms with van der Waals surface area (Å²) < 4.78 is 41.7. The molecule has 0 saturated heterocycles. The summed E-state index contributed by atoms with van der Waals surface area (Å²) in [7, 11) is 0. The molecule has 0 spiro atoms. The van der Waals surface area contributed by atoms with Gasteiger partial charge in [0.15, 0.2) is 0 Å². The molecule has 2 rings (SSSR count). The molecule has 1 atom stereocenters. The average molecular weight is 286 g/mol. The molecule has 7 heteroatoms. The van der Waals surface area contributed by atoms with Gasteiger partial charge in [-0.15, -0.1) is 0 Å². The van der Waals surface area contributed by atoms with Crippen molar-refractivity contribution in [3.05, 3.63) is 48.3 Å². The second-order valence-corrected chi connectivity index (χ2v) is 4.20. The van der Waals surface area contributed by atoms with Gasteiger partial charge in [-0.05, 0) is 12.1 Å². The van der Waals surface area contributed by atoms with Crippen molar-refractivity contribution in [2.45, 2.75) is 12.3 Å². The van der Waals surface area contributed by atoms with Gasteiger partial charge in [0.1, 0.15) is 12.7 Å². The van der Waals surface area contributed by atoms with Crippen LogP contribution in [0.2, 0.25) is 0 Å². The van der Waals surface area contributed by atoms with Crippen molar-refractivity contribution >= 4 is 0 Å². The first-order valence-electron chi connectivity index (χ1n) is 5.88. The number of aromatic nitrogens is 2. The van der Waals surface area contributed by atoms with Crippen LogP contribution in [0.25, 0.3) is 5.69 Å². The van der Waals surface area contributed by atoms with E-state index in [1.807, 2.05) is 30.3 Å². The second-order valence-electron chi connectivity index (χ2n) is 4.20. The number of hydrogen-bond acceptors (Lipinski definition) is 3. The van der Waals surface area contributed by atoms with Gasteiger partial charge >= 0.3 is 6.18 Å². The number of halogens is 3. The standard InChI is InChI=1S/C13H13F3N2O2/c14-13(15,16)9-20-8-12(19)10-6-17-18(7-10)11-4-2-1-3-5-11/h1-7,12,19H,8-9H2. The summed E-state index contributed by atoms with van der Waals surface area (Å²) in [6.07, 6.45) is -2.59. The highest BCUT2D eigenvalue weighted by Crippen LogP contribution is 2.18. The van der Waals surface area contributed by atoms with E-state index in [-0.39, 0.29) is 0 Å². The first-order valence-corrected chi connectivity index (χ1v) is 5.88. The van der Waals surface area contributed by atoms with E-state index in [4.69, 9.17) is 0 Å². The highest BCUT2D eigenvalue weighted by Gasteiger charge is 2.28. The van der Waals surface area contributed by atoms with Crippen molar-refractivity contribution in [2.24, 2.45) is 0 Å². The van der Waals surface area contributed by atoms with Gasteiger partial charge in [0, 0.05) is 11.8 Å². The van der Waals surface area contributed by atoms with Gasteiger partial charge in [-0.2, -0.15) is 18.3 Å². The smallest absolute Gasteiger partial charge is 0.386 e. The molecular formula is C13H13F3N2O2. The molecule has 1 aromatic heterocycles. The second kappa shape index (κ2) is 6.06. The maximum Gasteiger partial charge on any atom is 0.411 e. The summed E-state index contributed by atoms with van der Waals surface area (Å²) in [6, 6.07) is 9.17. The van der Waals surface area contributed by atoms with E-state index in [1.165, 1.54) is 10.9 Å². The predicted molar refractivity (Wildman–Crippen MR) is 65.4 cm³/mol. The van der Waals surface area contributed by atoms with E-state index >= 15 is 0 Å². The lowest BCUT2D eigenvalue weighted by atomic mass is 10.2. The van der Waals surface area contributed by atoms with E-state index in [1.54, 1.807) is 6.20 Å². The van der Waals surface area contributed by atoms with Gasteiger partial charge in [-0.3, -0.25) is 0 Å². The molecule has 20 heavy (non-hydrogen) atoms. The highest BCUT2D eigenvalue weighted by molar-refractivity contribution is 5.31. The number of ether oxygens (including phenoxy) is 1. The zero-order valence-electron chi connectivity index (χ0n) is 10.4. The third-order valence-corrected chi connectivity index (χ3v) is 2.55. The molecule has 1 heterocycles. The first kappa shape index (κ1) is 14.5. The number of hydrogen-bond donors (Lipinski definition) is 1.